The zero-order chi connectivity index (χ0) is 24.6. The lowest BCUT2D eigenvalue weighted by Gasteiger charge is -2.25. The van der Waals surface area contributed by atoms with Crippen molar-refractivity contribution in [3.05, 3.63) is 11.9 Å². The molecule has 1 fully saturated rings. The van der Waals surface area contributed by atoms with Crippen LogP contribution in [-0.2, 0) is 27.4 Å². The number of rotatable bonds is 8. The Kier molecular flexibility index (Phi) is 17.0. The van der Waals surface area contributed by atoms with E-state index in [2.05, 4.69) is 24.2 Å². The monoisotopic (exact) mass is 442 g/mol. The molecule has 8 heteroatoms. The molecule has 1 saturated heterocycles. The van der Waals surface area contributed by atoms with Crippen molar-refractivity contribution in [2.24, 2.45) is 11.8 Å². The molecule has 1 aromatic heterocycles. The molecule has 1 aliphatic heterocycles. The van der Waals surface area contributed by atoms with Crippen LogP contribution in [0.1, 0.15) is 87.8 Å². The summed E-state index contributed by atoms with van der Waals surface area (Å²) in [5.41, 5.74) is 0.261. The second-order valence-corrected chi connectivity index (χ2v) is 7.94. The number of aliphatic hydroxyl groups excluding tert-OH is 1. The van der Waals surface area contributed by atoms with Crippen LogP contribution in [0.5, 0.6) is 0 Å². The van der Waals surface area contributed by atoms with E-state index in [1.807, 2.05) is 41.5 Å². The summed E-state index contributed by atoms with van der Waals surface area (Å²) < 4.78 is 7.64. The van der Waals surface area contributed by atoms with Crippen LogP contribution in [-0.4, -0.2) is 55.6 Å². The summed E-state index contributed by atoms with van der Waals surface area (Å²) in [4.78, 5) is 25.1. The van der Waals surface area contributed by atoms with Crippen LogP contribution in [0.4, 0.5) is 0 Å². The Morgan fingerprint density at radius 1 is 1.23 bits per heavy atom. The molecule has 182 valence electrons. The van der Waals surface area contributed by atoms with Crippen LogP contribution in [0.25, 0.3) is 0 Å². The van der Waals surface area contributed by atoms with E-state index in [1.54, 1.807) is 24.7 Å². The summed E-state index contributed by atoms with van der Waals surface area (Å²) in [6, 6.07) is 0. The first-order chi connectivity index (χ1) is 14.6. The Morgan fingerprint density at radius 2 is 1.77 bits per heavy atom. The minimum absolute atomic E-state index is 0.133. The van der Waals surface area contributed by atoms with Gasteiger partial charge < -0.3 is 9.84 Å². The third-order valence-corrected chi connectivity index (χ3v) is 4.11. The van der Waals surface area contributed by atoms with Crippen molar-refractivity contribution >= 4 is 11.8 Å². The first-order valence-electron chi connectivity index (χ1n) is 11.6. The second kappa shape index (κ2) is 16.8. The summed E-state index contributed by atoms with van der Waals surface area (Å²) in [5, 5.41) is 15.7. The molecule has 0 aromatic carbocycles. The Morgan fingerprint density at radius 3 is 2.23 bits per heavy atom. The molecule has 2 amide bonds. The lowest BCUT2D eigenvalue weighted by atomic mass is 10.1. The van der Waals surface area contributed by atoms with Gasteiger partial charge in [-0.05, 0) is 33.1 Å². The predicted octanol–water partition coefficient (Wildman–Crippen LogP) is 4.07. The molecule has 0 spiro atoms. The van der Waals surface area contributed by atoms with Gasteiger partial charge in [-0.25, -0.2) is 4.68 Å². The number of aliphatic hydroxyl groups is 1. The summed E-state index contributed by atoms with van der Waals surface area (Å²) in [5.74, 6) is 0.101. The minimum Gasteiger partial charge on any atom is -0.397 e. The maximum Gasteiger partial charge on any atom is 0.232 e. The van der Waals surface area contributed by atoms with Crippen molar-refractivity contribution in [1.82, 2.24) is 19.9 Å². The Balaban J connectivity index is 0. The average Bonchev–Trinajstić information content (AvgIpc) is 3.24. The van der Waals surface area contributed by atoms with E-state index in [4.69, 9.17) is 9.84 Å². The first kappa shape index (κ1) is 31.4. The maximum absolute atomic E-state index is 12.0. The molecular weight excluding hydrogens is 396 g/mol. The normalized spacial score (nSPS) is 15.6. The lowest BCUT2D eigenvalue weighted by molar-refractivity contribution is -0.140. The second-order valence-electron chi connectivity index (χ2n) is 7.94. The van der Waals surface area contributed by atoms with Gasteiger partial charge in [0.1, 0.15) is 5.69 Å². The molecule has 2 rings (SSSR count). The van der Waals surface area contributed by atoms with Crippen LogP contribution in [0, 0.1) is 11.8 Å². The number of likely N-dealkylation sites (tertiary alicyclic amines) is 1. The molecular formula is C23H46N4O4. The van der Waals surface area contributed by atoms with Gasteiger partial charge in [-0.15, -0.1) is 5.10 Å². The number of imide groups is 1. The predicted molar refractivity (Wildman–Crippen MR) is 124 cm³/mol. The number of carbonyl (C=O) groups excluding carboxylic acids is 2. The van der Waals surface area contributed by atoms with E-state index in [0.717, 1.165) is 6.42 Å². The van der Waals surface area contributed by atoms with Crippen LogP contribution >= 0.6 is 0 Å². The highest BCUT2D eigenvalue weighted by atomic mass is 16.5. The number of hydrogen-bond donors (Lipinski definition) is 1. The van der Waals surface area contributed by atoms with Crippen LogP contribution < -0.4 is 0 Å². The van der Waals surface area contributed by atoms with Gasteiger partial charge in [-0.1, -0.05) is 53.7 Å². The van der Waals surface area contributed by atoms with E-state index < -0.39 is 0 Å². The van der Waals surface area contributed by atoms with Gasteiger partial charge in [-0.2, -0.15) is 0 Å². The summed E-state index contributed by atoms with van der Waals surface area (Å²) in [6.07, 6.45) is 3.07. The van der Waals surface area contributed by atoms with Gasteiger partial charge in [0.05, 0.1) is 24.9 Å². The number of nitrogens with zero attached hydrogens (tertiary/aromatic N) is 4. The van der Waals surface area contributed by atoms with Gasteiger partial charge in [0.25, 0.3) is 0 Å². The summed E-state index contributed by atoms with van der Waals surface area (Å²) >= 11 is 0. The number of hydrogen-bond acceptors (Lipinski definition) is 6. The molecule has 1 atom stereocenters. The largest absolute Gasteiger partial charge is 0.397 e. The van der Waals surface area contributed by atoms with Crippen molar-refractivity contribution in [3.8, 4) is 0 Å². The highest BCUT2D eigenvalue weighted by molar-refractivity contribution is 6.03. The van der Waals surface area contributed by atoms with Gasteiger partial charge in [-0.3, -0.25) is 14.5 Å². The van der Waals surface area contributed by atoms with Crippen molar-refractivity contribution in [2.45, 2.75) is 101 Å². The highest BCUT2D eigenvalue weighted by Crippen LogP contribution is 2.21. The standard InChI is InChI=1S/C17H28N4O3.C2H6O.2C2H6/c1-12(2)6-7-24-17(4,5)11-20-9-14(18-19-20)10-21-15(22)8-13(3)16(21)23;1-2-3;2*1-2/h9,12-13H,6-8,10-11H2,1-5H3;3H,2H2,1H3;2*1-2H3. The molecule has 8 nitrogen and oxygen atoms in total. The van der Waals surface area contributed by atoms with E-state index in [1.165, 1.54) is 4.90 Å². The Labute approximate surface area is 189 Å². The SMILES string of the molecule is CC.CC.CC(C)CCOC(C)(C)Cn1cc(CN2C(=O)CC(C)C2=O)nn1.CCO. The smallest absolute Gasteiger partial charge is 0.232 e. The number of carbonyl (C=O) groups is 2. The quantitative estimate of drug-likeness (QED) is 0.610. The highest BCUT2D eigenvalue weighted by Gasteiger charge is 2.35. The van der Waals surface area contributed by atoms with Gasteiger partial charge in [0.2, 0.25) is 11.8 Å². The summed E-state index contributed by atoms with van der Waals surface area (Å²) in [7, 11) is 0. The molecule has 1 unspecified atom stereocenters. The number of amides is 2. The van der Waals surface area contributed by atoms with Gasteiger partial charge >= 0.3 is 0 Å². The molecule has 31 heavy (non-hydrogen) atoms. The molecule has 0 bridgehead atoms. The topological polar surface area (TPSA) is 97.6 Å². The van der Waals surface area contributed by atoms with Crippen LogP contribution in [0.15, 0.2) is 6.20 Å². The average molecular weight is 443 g/mol. The van der Waals surface area contributed by atoms with Crippen LogP contribution in [0.2, 0.25) is 0 Å². The van der Waals surface area contributed by atoms with Gasteiger partial charge in [0.15, 0.2) is 0 Å². The van der Waals surface area contributed by atoms with E-state index in [-0.39, 0.29) is 42.9 Å². The van der Waals surface area contributed by atoms with Crippen molar-refractivity contribution in [2.75, 3.05) is 13.2 Å². The van der Waals surface area contributed by atoms with Crippen molar-refractivity contribution in [1.29, 1.82) is 0 Å². The molecule has 0 radical (unpaired) electrons. The first-order valence-corrected chi connectivity index (χ1v) is 11.6. The van der Waals surface area contributed by atoms with E-state index >= 15 is 0 Å². The lowest BCUT2D eigenvalue weighted by Crippen LogP contribution is -2.31. The molecule has 2 heterocycles. The molecule has 1 aromatic rings. The zero-order valence-corrected chi connectivity index (χ0v) is 21.4. The Bertz CT molecular complexity index is 614. The zero-order valence-electron chi connectivity index (χ0n) is 21.4. The molecule has 1 N–H and O–H groups in total. The van der Waals surface area contributed by atoms with E-state index in [0.29, 0.717) is 24.8 Å². The number of aromatic nitrogens is 3. The van der Waals surface area contributed by atoms with Crippen LogP contribution in [0.3, 0.4) is 0 Å². The molecule has 0 saturated carbocycles. The fraction of sp³-hybridized carbons (Fsp3) is 0.826. The number of ether oxygens (including phenoxy) is 1. The fourth-order valence-corrected chi connectivity index (χ4v) is 2.67. The van der Waals surface area contributed by atoms with E-state index in [9.17, 15) is 9.59 Å². The maximum atomic E-state index is 12.0. The Hall–Kier alpha value is -1.80. The van der Waals surface area contributed by atoms with Crippen molar-refractivity contribution < 1.29 is 19.4 Å². The summed E-state index contributed by atoms with van der Waals surface area (Å²) in [6.45, 7) is 21.5. The third kappa shape index (κ3) is 12.6. The molecule has 1 aliphatic rings. The van der Waals surface area contributed by atoms with Crippen molar-refractivity contribution in [3.63, 3.8) is 0 Å². The minimum atomic E-state index is -0.354. The fourth-order valence-electron chi connectivity index (χ4n) is 2.67. The van der Waals surface area contributed by atoms with Gasteiger partial charge in [0, 0.05) is 25.6 Å². The molecule has 0 aliphatic carbocycles. The third-order valence-electron chi connectivity index (χ3n) is 4.11.